The van der Waals surface area contributed by atoms with Crippen LogP contribution in [0.1, 0.15) is 16.1 Å². The Morgan fingerprint density at radius 3 is 2.95 bits per heavy atom. The van der Waals surface area contributed by atoms with E-state index in [4.69, 9.17) is 5.11 Å². The molecule has 0 saturated carbocycles. The first-order valence-corrected chi connectivity index (χ1v) is 6.79. The van der Waals surface area contributed by atoms with Crippen molar-refractivity contribution in [1.29, 1.82) is 0 Å². The lowest BCUT2D eigenvalue weighted by Crippen LogP contribution is -2.25. The first kappa shape index (κ1) is 13.6. The van der Waals surface area contributed by atoms with Crippen molar-refractivity contribution < 1.29 is 19.4 Å². The summed E-state index contributed by atoms with van der Waals surface area (Å²) in [6.45, 7) is 0.197. The molecule has 0 atom stereocenters. The van der Waals surface area contributed by atoms with Gasteiger partial charge in [0.25, 0.3) is 5.91 Å². The van der Waals surface area contributed by atoms with Gasteiger partial charge in [-0.2, -0.15) is 0 Å². The van der Waals surface area contributed by atoms with E-state index in [1.54, 1.807) is 29.8 Å². The van der Waals surface area contributed by atoms with Crippen LogP contribution in [0.25, 0.3) is 5.69 Å². The van der Waals surface area contributed by atoms with E-state index in [-0.39, 0.29) is 18.3 Å². The molecule has 0 unspecified atom stereocenters. The monoisotopic (exact) mass is 351 g/mol. The van der Waals surface area contributed by atoms with Gasteiger partial charge in [-0.05, 0) is 28.1 Å². The molecule has 0 spiro atoms. The highest BCUT2D eigenvalue weighted by atomic mass is 79.9. The third-order valence-electron chi connectivity index (χ3n) is 3.21. The summed E-state index contributed by atoms with van der Waals surface area (Å²) in [5.74, 6) is -0.183. The van der Waals surface area contributed by atoms with Crippen LogP contribution in [0.2, 0.25) is 0 Å². The lowest BCUT2D eigenvalue weighted by atomic mass is 10.1. The highest BCUT2D eigenvalue weighted by Crippen LogP contribution is 2.32. The predicted molar refractivity (Wildman–Crippen MR) is 75.7 cm³/mol. The number of benzene rings is 1. The van der Waals surface area contributed by atoms with Crippen molar-refractivity contribution in [3.63, 3.8) is 0 Å². The quantitative estimate of drug-likeness (QED) is 0.796. The lowest BCUT2D eigenvalue weighted by Gasteiger charge is -2.14. The number of amides is 1. The number of rotatable bonds is 1. The van der Waals surface area contributed by atoms with E-state index in [2.05, 4.69) is 25.7 Å². The molecule has 8 heteroatoms. The summed E-state index contributed by atoms with van der Waals surface area (Å²) in [7, 11) is 1.64. The van der Waals surface area contributed by atoms with Crippen LogP contribution in [-0.2, 0) is 6.54 Å². The maximum Gasteiger partial charge on any atom is 0.512 e. The molecule has 1 aromatic heterocycles. The van der Waals surface area contributed by atoms with Crippen molar-refractivity contribution in [2.75, 3.05) is 7.05 Å². The van der Waals surface area contributed by atoms with E-state index in [1.807, 2.05) is 0 Å². The Morgan fingerprint density at radius 2 is 2.24 bits per heavy atom. The summed E-state index contributed by atoms with van der Waals surface area (Å²) < 4.78 is 7.00. The van der Waals surface area contributed by atoms with E-state index >= 15 is 0 Å². The van der Waals surface area contributed by atoms with Gasteiger partial charge >= 0.3 is 6.16 Å². The Kier molecular flexibility index (Phi) is 3.17. The largest absolute Gasteiger partial charge is 0.512 e. The molecule has 1 N–H and O–H groups in total. The van der Waals surface area contributed by atoms with Gasteiger partial charge in [0.15, 0.2) is 0 Å². The molecule has 2 aromatic rings. The fraction of sp³-hybridized carbons (Fsp3) is 0.154. The van der Waals surface area contributed by atoms with Gasteiger partial charge in [0.2, 0.25) is 5.88 Å². The molecule has 108 valence electrons. The van der Waals surface area contributed by atoms with Crippen LogP contribution in [0.3, 0.4) is 0 Å². The Labute approximate surface area is 127 Å². The number of hydrogen-bond donors (Lipinski definition) is 1. The number of ether oxygens (including phenoxy) is 1. The topological polar surface area (TPSA) is 84.7 Å². The molecule has 0 fully saturated rings. The normalized spacial score (nSPS) is 13.4. The van der Waals surface area contributed by atoms with Crippen LogP contribution in [0, 0.1) is 0 Å². The number of aromatic nitrogens is 2. The van der Waals surface area contributed by atoms with Crippen LogP contribution in [0.4, 0.5) is 4.79 Å². The van der Waals surface area contributed by atoms with E-state index < -0.39 is 6.16 Å². The number of imidazole rings is 1. The Hall–Kier alpha value is -2.35. The number of nitrogens with zero attached hydrogens (tertiary/aromatic N) is 3. The Morgan fingerprint density at radius 1 is 1.48 bits per heavy atom. The van der Waals surface area contributed by atoms with Crippen LogP contribution >= 0.6 is 15.9 Å². The van der Waals surface area contributed by atoms with Crippen molar-refractivity contribution in [2.45, 2.75) is 6.54 Å². The van der Waals surface area contributed by atoms with Gasteiger partial charge in [-0.15, -0.1) is 0 Å². The number of hydrogen-bond acceptors (Lipinski definition) is 4. The summed E-state index contributed by atoms with van der Waals surface area (Å²) in [5, 5.41) is 8.75. The molecule has 7 nitrogen and oxygen atoms in total. The molecule has 0 bridgehead atoms. The molecule has 21 heavy (non-hydrogen) atoms. The molecule has 1 amide bonds. The van der Waals surface area contributed by atoms with E-state index in [0.717, 1.165) is 0 Å². The fourth-order valence-corrected chi connectivity index (χ4v) is 2.81. The molecule has 0 saturated heterocycles. The second-order valence-corrected chi connectivity index (χ2v) is 5.38. The smallest absolute Gasteiger partial charge is 0.449 e. The van der Waals surface area contributed by atoms with Crippen molar-refractivity contribution in [2.24, 2.45) is 0 Å². The first-order valence-electron chi connectivity index (χ1n) is 6.00. The Bertz CT molecular complexity index is 756. The fourth-order valence-electron chi connectivity index (χ4n) is 2.29. The summed E-state index contributed by atoms with van der Waals surface area (Å²) in [6.07, 6.45) is 0.00916. The molecule has 0 radical (unpaired) electrons. The minimum absolute atomic E-state index is 0.0185. The molecular formula is C13H10BrN3O4. The van der Waals surface area contributed by atoms with Crippen molar-refractivity contribution in [3.05, 3.63) is 40.3 Å². The van der Waals surface area contributed by atoms with E-state index in [1.165, 1.54) is 11.2 Å². The number of fused-ring (bicyclic) bond motifs is 3. The molecule has 2 heterocycles. The van der Waals surface area contributed by atoms with Crippen molar-refractivity contribution >= 4 is 28.0 Å². The maximum absolute atomic E-state index is 12.5. The number of halogens is 1. The highest BCUT2D eigenvalue weighted by molar-refractivity contribution is 9.10. The molecule has 1 aliphatic rings. The summed E-state index contributed by atoms with van der Waals surface area (Å²) in [6, 6.07) is 5.34. The standard InChI is InChI=1S/C13H10BrN3O4/c1-16-5-9-11(21-13(19)20)15-6-17(9)8-4-2-3-7(14)10(8)12(16)18/h2-4,6H,5H2,1H3,(H,19,20). The maximum atomic E-state index is 12.5. The van der Waals surface area contributed by atoms with Crippen molar-refractivity contribution in [1.82, 2.24) is 14.5 Å². The zero-order valence-electron chi connectivity index (χ0n) is 10.9. The summed E-state index contributed by atoms with van der Waals surface area (Å²) >= 11 is 3.38. The van der Waals surface area contributed by atoms with Crippen LogP contribution in [-0.4, -0.2) is 38.7 Å². The van der Waals surface area contributed by atoms with Gasteiger partial charge < -0.3 is 14.7 Å². The zero-order chi connectivity index (χ0) is 15.1. The van der Waals surface area contributed by atoms with Gasteiger partial charge in [-0.25, -0.2) is 9.78 Å². The number of carbonyl (C=O) groups is 2. The van der Waals surface area contributed by atoms with Gasteiger partial charge in [0.1, 0.15) is 12.0 Å². The third kappa shape index (κ3) is 2.17. The van der Waals surface area contributed by atoms with Crippen molar-refractivity contribution in [3.8, 4) is 11.6 Å². The molecule has 1 aliphatic heterocycles. The second-order valence-electron chi connectivity index (χ2n) is 4.53. The minimum atomic E-state index is -1.44. The molecule has 0 aliphatic carbocycles. The lowest BCUT2D eigenvalue weighted by molar-refractivity contribution is 0.0786. The van der Waals surface area contributed by atoms with E-state index in [9.17, 15) is 9.59 Å². The second kappa shape index (κ2) is 4.88. The van der Waals surface area contributed by atoms with Gasteiger partial charge in [0.05, 0.1) is 17.8 Å². The van der Waals surface area contributed by atoms with E-state index in [0.29, 0.717) is 21.4 Å². The highest BCUT2D eigenvalue weighted by Gasteiger charge is 2.29. The predicted octanol–water partition coefficient (Wildman–Crippen LogP) is 2.28. The Balaban J connectivity index is 2.24. The molecular weight excluding hydrogens is 342 g/mol. The summed E-state index contributed by atoms with van der Waals surface area (Å²) in [5.41, 5.74) is 1.63. The molecule has 1 aromatic carbocycles. The molecule has 3 rings (SSSR count). The zero-order valence-corrected chi connectivity index (χ0v) is 12.5. The SMILES string of the molecule is CN1Cc2c(OC(=O)O)ncn2-c2cccc(Br)c2C1=O. The van der Waals surface area contributed by atoms with Crippen LogP contribution < -0.4 is 4.74 Å². The first-order chi connectivity index (χ1) is 9.99. The van der Waals surface area contributed by atoms with Crippen LogP contribution in [0.5, 0.6) is 5.88 Å². The summed E-state index contributed by atoms with van der Waals surface area (Å²) in [4.78, 5) is 28.6. The number of carboxylic acid groups (broad SMARTS) is 1. The average Bonchev–Trinajstić information content (AvgIpc) is 2.75. The van der Waals surface area contributed by atoms with Gasteiger partial charge in [-0.1, -0.05) is 6.07 Å². The number of carbonyl (C=O) groups excluding carboxylic acids is 1. The van der Waals surface area contributed by atoms with Gasteiger partial charge in [0, 0.05) is 11.5 Å². The third-order valence-corrected chi connectivity index (χ3v) is 3.87. The van der Waals surface area contributed by atoms with Gasteiger partial charge in [-0.3, -0.25) is 9.36 Å². The minimum Gasteiger partial charge on any atom is -0.449 e. The van der Waals surface area contributed by atoms with Crippen LogP contribution in [0.15, 0.2) is 29.0 Å². The average molecular weight is 352 g/mol.